The lowest BCUT2D eigenvalue weighted by Crippen LogP contribution is -2.47. The lowest BCUT2D eigenvalue weighted by Gasteiger charge is -2.48. The average molecular weight is 427 g/mol. The third-order valence-electron chi connectivity index (χ3n) is 8.22. The molecule has 1 aliphatic carbocycles. The molecule has 0 amide bonds. The molecular formula is C32H26O. The molecule has 1 nitrogen and oxygen atoms in total. The quantitative estimate of drug-likeness (QED) is 0.329. The fourth-order valence-corrected chi connectivity index (χ4v) is 7.05. The highest BCUT2D eigenvalue weighted by atomic mass is 16.5. The third kappa shape index (κ3) is 2.16. The van der Waals surface area contributed by atoms with Crippen LogP contribution in [-0.2, 0) is 21.4 Å². The predicted octanol–water partition coefficient (Wildman–Crippen LogP) is 7.21. The summed E-state index contributed by atoms with van der Waals surface area (Å²) in [5.41, 5.74) is 7.84. The van der Waals surface area contributed by atoms with Crippen LogP contribution in [0.25, 0.3) is 6.08 Å². The van der Waals surface area contributed by atoms with Crippen LogP contribution in [0.3, 0.4) is 0 Å². The van der Waals surface area contributed by atoms with Gasteiger partial charge in [-0.15, -0.1) is 0 Å². The highest BCUT2D eigenvalue weighted by Gasteiger charge is 2.72. The Hall–Kier alpha value is -3.42. The highest BCUT2D eigenvalue weighted by Crippen LogP contribution is 2.73. The molecule has 7 rings (SSSR count). The summed E-state index contributed by atoms with van der Waals surface area (Å²) < 4.78 is 7.54. The van der Waals surface area contributed by atoms with Crippen molar-refractivity contribution < 1.29 is 4.74 Å². The van der Waals surface area contributed by atoms with Gasteiger partial charge in [0.2, 0.25) is 0 Å². The van der Waals surface area contributed by atoms with Gasteiger partial charge in [0.05, 0.1) is 0 Å². The first-order valence-electron chi connectivity index (χ1n) is 11.8. The molecule has 3 unspecified atom stereocenters. The van der Waals surface area contributed by atoms with Crippen LogP contribution in [0.5, 0.6) is 0 Å². The zero-order valence-corrected chi connectivity index (χ0v) is 19.0. The van der Waals surface area contributed by atoms with Gasteiger partial charge in [-0.25, -0.2) is 0 Å². The largest absolute Gasteiger partial charge is 0.345 e. The van der Waals surface area contributed by atoms with Crippen molar-refractivity contribution in [2.24, 2.45) is 5.92 Å². The molecule has 2 heterocycles. The van der Waals surface area contributed by atoms with E-state index in [1.807, 2.05) is 0 Å². The van der Waals surface area contributed by atoms with Crippen molar-refractivity contribution in [2.45, 2.75) is 30.5 Å². The van der Waals surface area contributed by atoms with Crippen molar-refractivity contribution in [3.8, 4) is 0 Å². The fraction of sp³-hybridized carbons (Fsp3) is 0.188. The Morgan fingerprint density at radius 2 is 1.12 bits per heavy atom. The summed E-state index contributed by atoms with van der Waals surface area (Å²) in [5, 5.41) is 0. The lowest BCUT2D eigenvalue weighted by atomic mass is 9.52. The Morgan fingerprint density at radius 3 is 1.82 bits per heavy atom. The van der Waals surface area contributed by atoms with Crippen molar-refractivity contribution in [1.82, 2.24) is 0 Å². The summed E-state index contributed by atoms with van der Waals surface area (Å²) in [6.07, 6.45) is 2.43. The van der Waals surface area contributed by atoms with Crippen LogP contribution in [0.2, 0.25) is 0 Å². The van der Waals surface area contributed by atoms with Gasteiger partial charge in [-0.1, -0.05) is 129 Å². The first-order chi connectivity index (χ1) is 16.1. The smallest absolute Gasteiger partial charge is 0.142 e. The third-order valence-corrected chi connectivity index (χ3v) is 8.22. The fourth-order valence-electron chi connectivity index (χ4n) is 7.05. The zero-order chi connectivity index (χ0) is 22.3. The SMILES string of the molecule is CC1(C)c2ccccc2C=C2C1C1(c3ccccc3)OC2(c2ccccc2)c2ccccc21. The molecule has 2 aliphatic heterocycles. The second kappa shape index (κ2) is 6.34. The van der Waals surface area contributed by atoms with E-state index in [-0.39, 0.29) is 11.3 Å². The average Bonchev–Trinajstić information content (AvgIpc) is 3.35. The van der Waals surface area contributed by atoms with Crippen molar-refractivity contribution in [1.29, 1.82) is 0 Å². The predicted molar refractivity (Wildman–Crippen MR) is 133 cm³/mol. The maximum absolute atomic E-state index is 7.54. The van der Waals surface area contributed by atoms with Crippen LogP contribution in [0, 0.1) is 5.92 Å². The normalized spacial score (nSPS) is 27.9. The van der Waals surface area contributed by atoms with Crippen molar-refractivity contribution in [3.05, 3.63) is 148 Å². The minimum absolute atomic E-state index is 0.111. The van der Waals surface area contributed by atoms with Crippen molar-refractivity contribution >= 4 is 6.08 Å². The van der Waals surface area contributed by atoms with Gasteiger partial charge in [-0.3, -0.25) is 0 Å². The summed E-state index contributed by atoms with van der Waals surface area (Å²) in [6.45, 7) is 4.80. The van der Waals surface area contributed by atoms with Crippen LogP contribution >= 0.6 is 0 Å². The maximum Gasteiger partial charge on any atom is 0.142 e. The molecule has 3 atom stereocenters. The van der Waals surface area contributed by atoms with Gasteiger partial charge in [-0.05, 0) is 39.0 Å². The van der Waals surface area contributed by atoms with Gasteiger partial charge in [0.25, 0.3) is 0 Å². The second-order valence-electron chi connectivity index (χ2n) is 10.1. The Labute approximate surface area is 195 Å². The van der Waals surface area contributed by atoms with E-state index >= 15 is 0 Å². The van der Waals surface area contributed by atoms with E-state index in [2.05, 4.69) is 129 Å². The molecule has 3 aliphatic rings. The Kier molecular flexibility index (Phi) is 3.66. The molecule has 0 aromatic heterocycles. The number of rotatable bonds is 2. The first kappa shape index (κ1) is 19.1. The molecule has 4 aromatic carbocycles. The molecular weight excluding hydrogens is 400 g/mol. The first-order valence-corrected chi connectivity index (χ1v) is 11.8. The van der Waals surface area contributed by atoms with E-state index in [1.165, 1.54) is 39.0 Å². The van der Waals surface area contributed by atoms with Gasteiger partial charge in [0.1, 0.15) is 11.2 Å². The summed E-state index contributed by atoms with van der Waals surface area (Å²) in [5.74, 6) is 0.178. The number of ether oxygens (including phenoxy) is 1. The van der Waals surface area contributed by atoms with E-state index in [0.29, 0.717) is 0 Å². The number of benzene rings is 4. The van der Waals surface area contributed by atoms with Crippen molar-refractivity contribution in [3.63, 3.8) is 0 Å². The Morgan fingerprint density at radius 1 is 0.576 bits per heavy atom. The number of hydrogen-bond donors (Lipinski definition) is 0. The molecule has 4 aromatic rings. The summed E-state index contributed by atoms with van der Waals surface area (Å²) >= 11 is 0. The monoisotopic (exact) mass is 426 g/mol. The van der Waals surface area contributed by atoms with Gasteiger partial charge < -0.3 is 4.74 Å². The zero-order valence-electron chi connectivity index (χ0n) is 19.0. The number of fused-ring (bicyclic) bond motifs is 9. The maximum atomic E-state index is 7.54. The van der Waals surface area contributed by atoms with Gasteiger partial charge >= 0.3 is 0 Å². The molecule has 33 heavy (non-hydrogen) atoms. The highest BCUT2D eigenvalue weighted by molar-refractivity contribution is 5.75. The summed E-state index contributed by atoms with van der Waals surface area (Å²) in [7, 11) is 0. The van der Waals surface area contributed by atoms with Crippen LogP contribution in [0.1, 0.15) is 47.2 Å². The van der Waals surface area contributed by atoms with Crippen LogP contribution < -0.4 is 0 Å². The molecule has 2 bridgehead atoms. The van der Waals surface area contributed by atoms with E-state index < -0.39 is 11.2 Å². The number of hydrogen-bond acceptors (Lipinski definition) is 1. The van der Waals surface area contributed by atoms with Gasteiger partial charge in [-0.2, -0.15) is 0 Å². The van der Waals surface area contributed by atoms with E-state index in [4.69, 9.17) is 4.74 Å². The molecule has 1 fully saturated rings. The topological polar surface area (TPSA) is 9.23 Å². The molecule has 1 heteroatoms. The van der Waals surface area contributed by atoms with E-state index in [0.717, 1.165) is 0 Å². The summed E-state index contributed by atoms with van der Waals surface area (Å²) in [6, 6.07) is 39.5. The van der Waals surface area contributed by atoms with Crippen molar-refractivity contribution in [2.75, 3.05) is 0 Å². The van der Waals surface area contributed by atoms with Gasteiger partial charge in [0, 0.05) is 11.3 Å². The van der Waals surface area contributed by atoms with E-state index in [1.54, 1.807) is 0 Å². The summed E-state index contributed by atoms with van der Waals surface area (Å²) in [4.78, 5) is 0. The minimum Gasteiger partial charge on any atom is -0.345 e. The Balaban J connectivity index is 1.66. The minimum atomic E-state index is -0.594. The molecule has 0 radical (unpaired) electrons. The molecule has 0 saturated carbocycles. The van der Waals surface area contributed by atoms with Crippen LogP contribution in [0.4, 0.5) is 0 Å². The molecule has 160 valence electrons. The lowest BCUT2D eigenvalue weighted by molar-refractivity contribution is -0.0563. The molecule has 1 saturated heterocycles. The molecule has 0 N–H and O–H groups in total. The van der Waals surface area contributed by atoms with Crippen LogP contribution in [-0.4, -0.2) is 0 Å². The Bertz CT molecular complexity index is 1420. The van der Waals surface area contributed by atoms with Crippen LogP contribution in [0.15, 0.2) is 115 Å². The molecule has 0 spiro atoms. The van der Waals surface area contributed by atoms with E-state index in [9.17, 15) is 0 Å². The van der Waals surface area contributed by atoms with Gasteiger partial charge in [0.15, 0.2) is 0 Å². The second-order valence-corrected chi connectivity index (χ2v) is 10.1. The standard InChI is InChI=1S/C32H26O/c1-30(2)25-18-10-9-13-22(25)21-28-29(30)32(24-16-7-4-8-17-24)27-20-12-11-19-26(27)31(28,33-32)23-14-5-3-6-15-23/h3-21,29H,1-2H3.